The number of aromatic nitrogens is 1. The fourth-order valence-corrected chi connectivity index (χ4v) is 2.56. The SMILES string of the molecule is CCOC(=O)CC1=NS(=O)(=O)c2ncccc2N1. The molecule has 1 aromatic rings. The summed E-state index contributed by atoms with van der Waals surface area (Å²) >= 11 is 0. The molecule has 96 valence electrons. The van der Waals surface area contributed by atoms with Crippen molar-refractivity contribution in [2.75, 3.05) is 11.9 Å². The van der Waals surface area contributed by atoms with Crippen LogP contribution in [0.1, 0.15) is 13.3 Å². The fraction of sp³-hybridized carbons (Fsp3) is 0.300. The molecule has 0 spiro atoms. The molecule has 1 N–H and O–H groups in total. The van der Waals surface area contributed by atoms with Crippen LogP contribution in [0.4, 0.5) is 5.69 Å². The van der Waals surface area contributed by atoms with Crippen LogP contribution in [0.15, 0.2) is 27.8 Å². The second kappa shape index (κ2) is 4.73. The molecule has 0 saturated heterocycles. The summed E-state index contributed by atoms with van der Waals surface area (Å²) in [6.45, 7) is 1.90. The largest absolute Gasteiger partial charge is 0.466 e. The van der Waals surface area contributed by atoms with E-state index in [-0.39, 0.29) is 23.9 Å². The van der Waals surface area contributed by atoms with Gasteiger partial charge in [-0.05, 0) is 19.1 Å². The lowest BCUT2D eigenvalue weighted by Gasteiger charge is -2.16. The van der Waals surface area contributed by atoms with E-state index in [1.165, 1.54) is 6.20 Å². The van der Waals surface area contributed by atoms with Crippen molar-refractivity contribution in [3.05, 3.63) is 18.3 Å². The van der Waals surface area contributed by atoms with Gasteiger partial charge in [0.2, 0.25) is 5.03 Å². The minimum Gasteiger partial charge on any atom is -0.466 e. The Balaban J connectivity index is 2.28. The maximum absolute atomic E-state index is 11.8. The van der Waals surface area contributed by atoms with E-state index in [9.17, 15) is 13.2 Å². The van der Waals surface area contributed by atoms with Gasteiger partial charge in [-0.3, -0.25) is 4.79 Å². The van der Waals surface area contributed by atoms with Crippen molar-refractivity contribution in [1.82, 2.24) is 4.98 Å². The number of pyridine rings is 1. The van der Waals surface area contributed by atoms with Gasteiger partial charge in [0.25, 0.3) is 0 Å². The van der Waals surface area contributed by atoms with E-state index in [4.69, 9.17) is 4.74 Å². The second-order valence-corrected chi connectivity index (χ2v) is 5.00. The predicted molar refractivity (Wildman–Crippen MR) is 63.7 cm³/mol. The van der Waals surface area contributed by atoms with Crippen molar-refractivity contribution >= 4 is 27.5 Å². The monoisotopic (exact) mass is 269 g/mol. The number of hydrogen-bond acceptors (Lipinski definition) is 6. The summed E-state index contributed by atoms with van der Waals surface area (Å²) in [4.78, 5) is 15.0. The predicted octanol–water partition coefficient (Wildman–Crippen LogP) is 0.547. The number of nitrogens with one attached hydrogen (secondary N) is 1. The quantitative estimate of drug-likeness (QED) is 0.804. The number of amidine groups is 1. The van der Waals surface area contributed by atoms with Crippen molar-refractivity contribution < 1.29 is 17.9 Å². The first-order valence-electron chi connectivity index (χ1n) is 5.24. The Hall–Kier alpha value is -1.96. The molecule has 0 bridgehead atoms. The third kappa shape index (κ3) is 2.48. The molecule has 0 radical (unpaired) electrons. The molecule has 2 rings (SSSR count). The molecule has 0 unspecified atom stereocenters. The standard InChI is InChI=1S/C10H11N3O4S/c1-2-17-9(14)6-8-12-7-4-3-5-11-10(7)18(15,16)13-8/h3-5H,2,6H2,1H3,(H,12,13). The van der Waals surface area contributed by atoms with E-state index >= 15 is 0 Å². The summed E-state index contributed by atoms with van der Waals surface area (Å²) in [6.07, 6.45) is 1.14. The minimum atomic E-state index is -3.85. The van der Waals surface area contributed by atoms with Gasteiger partial charge in [0.1, 0.15) is 12.3 Å². The van der Waals surface area contributed by atoms with E-state index in [0.717, 1.165) is 0 Å². The highest BCUT2D eigenvalue weighted by Gasteiger charge is 2.27. The Bertz CT molecular complexity index is 609. The molecule has 7 nitrogen and oxygen atoms in total. The van der Waals surface area contributed by atoms with E-state index in [0.29, 0.717) is 5.69 Å². The molecular formula is C10H11N3O4S. The maximum atomic E-state index is 11.8. The minimum absolute atomic E-state index is 0.0361. The summed E-state index contributed by atoms with van der Waals surface area (Å²) in [5, 5.41) is 2.61. The maximum Gasteiger partial charge on any atom is 0.313 e. The average molecular weight is 269 g/mol. The molecule has 0 aliphatic carbocycles. The van der Waals surface area contributed by atoms with Crippen LogP contribution in [0.2, 0.25) is 0 Å². The summed E-state index contributed by atoms with van der Waals surface area (Å²) < 4.78 is 31.8. The van der Waals surface area contributed by atoms with Crippen molar-refractivity contribution in [1.29, 1.82) is 0 Å². The third-order valence-corrected chi connectivity index (χ3v) is 3.42. The van der Waals surface area contributed by atoms with Gasteiger partial charge in [0.05, 0.1) is 12.3 Å². The van der Waals surface area contributed by atoms with Crippen LogP contribution in [0.3, 0.4) is 0 Å². The van der Waals surface area contributed by atoms with Gasteiger partial charge in [-0.25, -0.2) is 4.98 Å². The van der Waals surface area contributed by atoms with Crippen LogP contribution >= 0.6 is 0 Å². The number of esters is 1. The van der Waals surface area contributed by atoms with Crippen LogP contribution < -0.4 is 5.32 Å². The van der Waals surface area contributed by atoms with Gasteiger partial charge in [-0.15, -0.1) is 4.40 Å². The summed E-state index contributed by atoms with van der Waals surface area (Å²) in [5.74, 6) is -0.500. The molecule has 2 heterocycles. The molecule has 0 fully saturated rings. The molecule has 1 aliphatic heterocycles. The van der Waals surface area contributed by atoms with Crippen molar-refractivity contribution in [2.24, 2.45) is 4.40 Å². The third-order valence-electron chi connectivity index (χ3n) is 2.14. The second-order valence-electron chi connectivity index (χ2n) is 3.48. The normalized spacial score (nSPS) is 16.2. The van der Waals surface area contributed by atoms with Crippen molar-refractivity contribution in [3.63, 3.8) is 0 Å². The molecule has 8 heteroatoms. The van der Waals surface area contributed by atoms with Gasteiger partial charge in [0, 0.05) is 6.20 Å². The summed E-state index contributed by atoms with van der Waals surface area (Å²) in [7, 11) is -3.85. The number of sulfonamides is 1. The van der Waals surface area contributed by atoms with Gasteiger partial charge in [0.15, 0.2) is 0 Å². The van der Waals surface area contributed by atoms with Gasteiger partial charge in [-0.1, -0.05) is 0 Å². The van der Waals surface area contributed by atoms with Crippen LogP contribution in [0, 0.1) is 0 Å². The molecule has 0 saturated carbocycles. The highest BCUT2D eigenvalue weighted by Crippen LogP contribution is 2.24. The lowest BCUT2D eigenvalue weighted by atomic mass is 10.3. The number of hydrogen-bond donors (Lipinski definition) is 1. The molecular weight excluding hydrogens is 258 g/mol. The first kappa shape index (κ1) is 12.5. The number of fused-ring (bicyclic) bond motifs is 1. The van der Waals surface area contributed by atoms with Gasteiger partial charge < -0.3 is 10.1 Å². The highest BCUT2D eigenvalue weighted by molar-refractivity contribution is 7.90. The summed E-state index contributed by atoms with van der Waals surface area (Å²) in [5.41, 5.74) is 0.312. The molecule has 0 amide bonds. The zero-order valence-corrected chi connectivity index (χ0v) is 10.4. The van der Waals surface area contributed by atoms with Crippen LogP contribution in [-0.2, 0) is 19.6 Å². The number of anilines is 1. The first-order valence-corrected chi connectivity index (χ1v) is 6.68. The van der Waals surface area contributed by atoms with Crippen LogP contribution in [0.25, 0.3) is 0 Å². The Kier molecular flexibility index (Phi) is 3.28. The first-order chi connectivity index (χ1) is 8.53. The number of carbonyl (C=O) groups excluding carboxylic acids is 1. The van der Waals surface area contributed by atoms with E-state index in [2.05, 4.69) is 14.7 Å². The van der Waals surface area contributed by atoms with E-state index in [1.807, 2.05) is 0 Å². The smallest absolute Gasteiger partial charge is 0.313 e. The number of ether oxygens (including phenoxy) is 1. The average Bonchev–Trinajstić information content (AvgIpc) is 2.28. The number of nitrogens with zero attached hydrogens (tertiary/aromatic N) is 2. The van der Waals surface area contributed by atoms with Gasteiger partial charge >= 0.3 is 16.0 Å². The Morgan fingerprint density at radius 2 is 2.28 bits per heavy atom. The molecule has 0 aromatic carbocycles. The molecule has 1 aliphatic rings. The Morgan fingerprint density at radius 1 is 1.50 bits per heavy atom. The molecule has 0 atom stereocenters. The van der Waals surface area contributed by atoms with E-state index in [1.54, 1.807) is 19.1 Å². The van der Waals surface area contributed by atoms with Crippen LogP contribution in [0.5, 0.6) is 0 Å². The number of rotatable bonds is 3. The van der Waals surface area contributed by atoms with Crippen molar-refractivity contribution in [2.45, 2.75) is 18.4 Å². The Morgan fingerprint density at radius 3 is 3.00 bits per heavy atom. The highest BCUT2D eigenvalue weighted by atomic mass is 32.2. The fourth-order valence-electron chi connectivity index (χ4n) is 1.48. The number of carbonyl (C=O) groups is 1. The topological polar surface area (TPSA) is 97.7 Å². The molecule has 1 aromatic heterocycles. The molecule has 18 heavy (non-hydrogen) atoms. The zero-order chi connectivity index (χ0) is 13.2. The van der Waals surface area contributed by atoms with Crippen molar-refractivity contribution in [3.8, 4) is 0 Å². The Labute approximate surface area is 104 Å². The van der Waals surface area contributed by atoms with E-state index < -0.39 is 16.0 Å². The van der Waals surface area contributed by atoms with Gasteiger partial charge in [-0.2, -0.15) is 8.42 Å². The van der Waals surface area contributed by atoms with Crippen LogP contribution in [-0.4, -0.2) is 31.8 Å². The lowest BCUT2D eigenvalue weighted by Crippen LogP contribution is -2.25. The lowest BCUT2D eigenvalue weighted by molar-refractivity contribution is -0.141. The summed E-state index contributed by atoms with van der Waals surface area (Å²) in [6, 6.07) is 3.15. The zero-order valence-electron chi connectivity index (χ0n) is 9.58.